The third-order valence-electron chi connectivity index (χ3n) is 2.35. The van der Waals surface area contributed by atoms with Crippen molar-refractivity contribution in [3.8, 4) is 0 Å². The van der Waals surface area contributed by atoms with Crippen molar-refractivity contribution >= 4 is 6.29 Å². The Labute approximate surface area is 87.3 Å². The predicted molar refractivity (Wildman–Crippen MR) is 59.4 cm³/mol. The lowest BCUT2D eigenvalue weighted by Crippen LogP contribution is -2.09. The van der Waals surface area contributed by atoms with Gasteiger partial charge >= 0.3 is 0 Å². The molecule has 1 atom stereocenters. The second-order valence-electron chi connectivity index (χ2n) is 3.66. The average molecular weight is 198 g/mol. The highest BCUT2D eigenvalue weighted by atomic mass is 16.5. The Morgan fingerprint density at radius 1 is 1.43 bits per heavy atom. The largest absolute Gasteiger partial charge is 0.381 e. The number of hydrogen-bond acceptors (Lipinski definition) is 2. The minimum atomic E-state index is 0.274. The molecule has 0 aliphatic heterocycles. The lowest BCUT2D eigenvalue weighted by molar-refractivity contribution is -0.104. The van der Waals surface area contributed by atoms with Crippen molar-refractivity contribution < 1.29 is 9.53 Å². The quantitative estimate of drug-likeness (QED) is 0.340. The van der Waals surface area contributed by atoms with Gasteiger partial charge in [0.25, 0.3) is 0 Å². The van der Waals surface area contributed by atoms with Crippen molar-refractivity contribution in [1.82, 2.24) is 0 Å². The fourth-order valence-corrected chi connectivity index (χ4v) is 1.32. The van der Waals surface area contributed by atoms with E-state index in [0.717, 1.165) is 24.7 Å². The second kappa shape index (κ2) is 8.95. The topological polar surface area (TPSA) is 26.3 Å². The Balaban J connectivity index is 3.73. The van der Waals surface area contributed by atoms with Gasteiger partial charge in [-0.15, -0.1) is 0 Å². The fraction of sp³-hybridized carbons (Fsp3) is 0.750. The Bertz CT molecular complexity index is 173. The van der Waals surface area contributed by atoms with Crippen molar-refractivity contribution in [1.29, 1.82) is 0 Å². The summed E-state index contributed by atoms with van der Waals surface area (Å²) in [6.07, 6.45) is 8.76. The van der Waals surface area contributed by atoms with E-state index in [9.17, 15) is 4.79 Å². The molecule has 0 heterocycles. The van der Waals surface area contributed by atoms with E-state index in [0.29, 0.717) is 0 Å². The minimum absolute atomic E-state index is 0.274. The Hall–Kier alpha value is -0.630. The molecule has 0 spiro atoms. The number of carbonyl (C=O) groups excluding carboxylic acids is 1. The van der Waals surface area contributed by atoms with Crippen LogP contribution in [0.1, 0.15) is 46.0 Å². The molecule has 0 bridgehead atoms. The molecular weight excluding hydrogens is 176 g/mol. The summed E-state index contributed by atoms with van der Waals surface area (Å²) in [5.41, 5.74) is 0.794. The van der Waals surface area contributed by atoms with E-state index in [1.165, 1.54) is 19.3 Å². The summed E-state index contributed by atoms with van der Waals surface area (Å²) in [5.74, 6) is 0. The number of hydrogen-bond donors (Lipinski definition) is 0. The van der Waals surface area contributed by atoms with Crippen LogP contribution in [0.25, 0.3) is 0 Å². The number of ether oxygens (including phenoxy) is 1. The first-order valence-corrected chi connectivity index (χ1v) is 5.39. The first-order chi connectivity index (χ1) is 6.74. The van der Waals surface area contributed by atoms with Gasteiger partial charge in [0.2, 0.25) is 0 Å². The van der Waals surface area contributed by atoms with Gasteiger partial charge in [0.15, 0.2) is 0 Å². The molecule has 0 rings (SSSR count). The number of allylic oxidation sites excluding steroid dienone is 1. The van der Waals surface area contributed by atoms with E-state index < -0.39 is 0 Å². The fourth-order valence-electron chi connectivity index (χ4n) is 1.32. The summed E-state index contributed by atoms with van der Waals surface area (Å²) in [4.78, 5) is 10.4. The van der Waals surface area contributed by atoms with E-state index in [1.54, 1.807) is 7.11 Å². The Kier molecular flexibility index (Phi) is 8.54. The Morgan fingerprint density at radius 2 is 2.14 bits per heavy atom. The highest BCUT2D eigenvalue weighted by Crippen LogP contribution is 2.10. The molecule has 1 unspecified atom stereocenters. The number of unbranched alkanes of at least 4 members (excludes halogenated alkanes) is 2. The summed E-state index contributed by atoms with van der Waals surface area (Å²) in [5, 5.41) is 0. The maximum atomic E-state index is 10.4. The van der Waals surface area contributed by atoms with E-state index in [1.807, 2.05) is 13.0 Å². The molecule has 0 aromatic carbocycles. The molecule has 14 heavy (non-hydrogen) atoms. The summed E-state index contributed by atoms with van der Waals surface area (Å²) in [6.45, 7) is 4.02. The molecule has 0 aromatic heterocycles. The molecule has 0 N–H and O–H groups in total. The zero-order valence-electron chi connectivity index (χ0n) is 9.58. The number of aldehydes is 1. The predicted octanol–water partition coefficient (Wildman–Crippen LogP) is 3.12. The summed E-state index contributed by atoms with van der Waals surface area (Å²) in [7, 11) is 1.74. The third kappa shape index (κ3) is 6.84. The number of rotatable bonds is 8. The van der Waals surface area contributed by atoms with Gasteiger partial charge in [-0.2, -0.15) is 0 Å². The normalized spacial score (nSPS) is 14.1. The molecule has 0 saturated carbocycles. The maximum Gasteiger partial charge on any atom is 0.145 e. The Morgan fingerprint density at radius 3 is 2.64 bits per heavy atom. The molecular formula is C12H22O2. The van der Waals surface area contributed by atoms with E-state index >= 15 is 0 Å². The van der Waals surface area contributed by atoms with Crippen LogP contribution in [0.15, 0.2) is 11.6 Å². The molecule has 0 aromatic rings. The van der Waals surface area contributed by atoms with E-state index in [-0.39, 0.29) is 6.10 Å². The van der Waals surface area contributed by atoms with Gasteiger partial charge in [0.05, 0.1) is 6.10 Å². The lowest BCUT2D eigenvalue weighted by Gasteiger charge is -2.12. The van der Waals surface area contributed by atoms with Gasteiger partial charge in [-0.1, -0.05) is 32.3 Å². The summed E-state index contributed by atoms with van der Waals surface area (Å²) in [6, 6.07) is 0. The average Bonchev–Trinajstić information content (AvgIpc) is 2.22. The van der Waals surface area contributed by atoms with E-state index in [2.05, 4.69) is 6.92 Å². The molecule has 0 fully saturated rings. The monoisotopic (exact) mass is 198 g/mol. The second-order valence-corrected chi connectivity index (χ2v) is 3.66. The van der Waals surface area contributed by atoms with Crippen molar-refractivity contribution in [2.24, 2.45) is 0 Å². The van der Waals surface area contributed by atoms with Crippen molar-refractivity contribution in [3.05, 3.63) is 11.6 Å². The van der Waals surface area contributed by atoms with Crippen LogP contribution in [-0.2, 0) is 9.53 Å². The minimum Gasteiger partial charge on any atom is -0.381 e. The first kappa shape index (κ1) is 13.4. The molecule has 0 aliphatic carbocycles. The standard InChI is InChI=1S/C12H22O2/c1-4-5-6-7-12(14-3)9-8-11(2)10-13/h8,10,12H,4-7,9H2,1-3H3/b11-8+. The van der Waals surface area contributed by atoms with Crippen LogP contribution in [0.3, 0.4) is 0 Å². The van der Waals surface area contributed by atoms with Gasteiger partial charge in [-0.3, -0.25) is 4.79 Å². The number of carbonyl (C=O) groups is 1. The van der Waals surface area contributed by atoms with Crippen LogP contribution in [0.4, 0.5) is 0 Å². The van der Waals surface area contributed by atoms with Gasteiger partial charge in [0, 0.05) is 7.11 Å². The number of methoxy groups -OCH3 is 1. The van der Waals surface area contributed by atoms with Crippen LogP contribution in [-0.4, -0.2) is 19.5 Å². The van der Waals surface area contributed by atoms with Gasteiger partial charge in [-0.05, 0) is 25.3 Å². The van der Waals surface area contributed by atoms with Gasteiger partial charge < -0.3 is 4.74 Å². The lowest BCUT2D eigenvalue weighted by atomic mass is 10.1. The molecule has 2 nitrogen and oxygen atoms in total. The van der Waals surface area contributed by atoms with Gasteiger partial charge in [-0.25, -0.2) is 0 Å². The molecule has 2 heteroatoms. The zero-order chi connectivity index (χ0) is 10.8. The molecule has 82 valence electrons. The molecule has 0 saturated heterocycles. The SMILES string of the molecule is CCCCCC(C/C=C(\C)C=O)OC. The smallest absolute Gasteiger partial charge is 0.145 e. The molecule has 0 radical (unpaired) electrons. The van der Waals surface area contributed by atoms with Gasteiger partial charge in [0.1, 0.15) is 6.29 Å². The van der Waals surface area contributed by atoms with E-state index in [4.69, 9.17) is 4.74 Å². The first-order valence-electron chi connectivity index (χ1n) is 5.39. The zero-order valence-corrected chi connectivity index (χ0v) is 9.58. The van der Waals surface area contributed by atoms with Crippen molar-refractivity contribution in [2.75, 3.05) is 7.11 Å². The van der Waals surface area contributed by atoms with Crippen LogP contribution in [0.2, 0.25) is 0 Å². The molecule has 0 amide bonds. The van der Waals surface area contributed by atoms with Crippen LogP contribution < -0.4 is 0 Å². The third-order valence-corrected chi connectivity index (χ3v) is 2.35. The maximum absolute atomic E-state index is 10.4. The summed E-state index contributed by atoms with van der Waals surface area (Å²) >= 11 is 0. The molecule has 0 aliphatic rings. The van der Waals surface area contributed by atoms with Crippen molar-refractivity contribution in [3.63, 3.8) is 0 Å². The van der Waals surface area contributed by atoms with Crippen LogP contribution >= 0.6 is 0 Å². The van der Waals surface area contributed by atoms with Crippen LogP contribution in [0.5, 0.6) is 0 Å². The highest BCUT2D eigenvalue weighted by Gasteiger charge is 2.04. The highest BCUT2D eigenvalue weighted by molar-refractivity contribution is 5.71. The van der Waals surface area contributed by atoms with Crippen molar-refractivity contribution in [2.45, 2.75) is 52.1 Å². The summed E-state index contributed by atoms with van der Waals surface area (Å²) < 4.78 is 5.33. The van der Waals surface area contributed by atoms with Crippen LogP contribution in [0, 0.1) is 0 Å².